The molecule has 2 aliphatic rings. The monoisotopic (exact) mass is 368 g/mol. The molecule has 0 aromatic heterocycles. The van der Waals surface area contributed by atoms with Gasteiger partial charge in [0.15, 0.2) is 0 Å². The van der Waals surface area contributed by atoms with Crippen LogP contribution >= 0.6 is 12.4 Å². The maximum Gasteiger partial charge on any atom is 0.220 e. The Bertz CT molecular complexity index is 570. The third-order valence-electron chi connectivity index (χ3n) is 5.25. The summed E-state index contributed by atoms with van der Waals surface area (Å²) >= 11 is 0. The number of piperidine rings is 1. The van der Waals surface area contributed by atoms with Gasteiger partial charge in [0.05, 0.1) is 14.2 Å². The van der Waals surface area contributed by atoms with E-state index in [1.807, 2.05) is 18.2 Å². The second-order valence-electron chi connectivity index (χ2n) is 6.96. The largest absolute Gasteiger partial charge is 0.497 e. The van der Waals surface area contributed by atoms with Crippen LogP contribution in [0, 0.1) is 5.92 Å². The first-order valence-corrected chi connectivity index (χ1v) is 8.91. The highest BCUT2D eigenvalue weighted by Gasteiger charge is 2.34. The Labute approximate surface area is 156 Å². The van der Waals surface area contributed by atoms with E-state index < -0.39 is 0 Å². The quantitative estimate of drug-likeness (QED) is 0.776. The van der Waals surface area contributed by atoms with Crippen LogP contribution in [-0.2, 0) is 11.2 Å². The van der Waals surface area contributed by atoms with E-state index in [9.17, 15) is 4.79 Å². The van der Waals surface area contributed by atoms with Gasteiger partial charge in [-0.2, -0.15) is 0 Å². The molecule has 6 heteroatoms. The molecule has 25 heavy (non-hydrogen) atoms. The van der Waals surface area contributed by atoms with Gasteiger partial charge in [0, 0.05) is 25.0 Å². The van der Waals surface area contributed by atoms with Crippen LogP contribution in [0.1, 0.15) is 37.7 Å². The first-order chi connectivity index (χ1) is 11.7. The maximum atomic E-state index is 12.2. The maximum absolute atomic E-state index is 12.2. The van der Waals surface area contributed by atoms with Crippen LogP contribution in [0.25, 0.3) is 0 Å². The van der Waals surface area contributed by atoms with Crippen LogP contribution in [0.5, 0.6) is 11.5 Å². The molecule has 3 rings (SSSR count). The Morgan fingerprint density at radius 3 is 2.56 bits per heavy atom. The molecule has 0 aliphatic carbocycles. The molecule has 2 N–H and O–H groups in total. The second-order valence-corrected chi connectivity index (χ2v) is 6.96. The fourth-order valence-corrected chi connectivity index (χ4v) is 4.09. The molecule has 1 aromatic carbocycles. The number of hydrogen-bond donors (Lipinski definition) is 2. The molecule has 2 unspecified atom stereocenters. The topological polar surface area (TPSA) is 59.6 Å². The summed E-state index contributed by atoms with van der Waals surface area (Å²) in [6, 6.07) is 7.04. The molecule has 2 aliphatic heterocycles. The lowest BCUT2D eigenvalue weighted by atomic mass is 9.89. The molecule has 2 saturated heterocycles. The van der Waals surface area contributed by atoms with Gasteiger partial charge >= 0.3 is 0 Å². The minimum atomic E-state index is 0. The van der Waals surface area contributed by atoms with Crippen LogP contribution in [0.4, 0.5) is 0 Å². The van der Waals surface area contributed by atoms with Crippen LogP contribution in [0.15, 0.2) is 18.2 Å². The van der Waals surface area contributed by atoms with Gasteiger partial charge in [-0.25, -0.2) is 0 Å². The molecule has 1 amide bonds. The molecule has 2 fully saturated rings. The first-order valence-electron chi connectivity index (χ1n) is 8.91. The van der Waals surface area contributed by atoms with Crippen molar-refractivity contribution in [3.63, 3.8) is 0 Å². The third-order valence-corrected chi connectivity index (χ3v) is 5.25. The average Bonchev–Trinajstić information content (AvgIpc) is 2.93. The number of methoxy groups -OCH3 is 2. The molecular formula is C19H29ClN2O3. The van der Waals surface area contributed by atoms with Crippen molar-refractivity contribution >= 4 is 18.3 Å². The van der Waals surface area contributed by atoms with Gasteiger partial charge in [0.1, 0.15) is 11.5 Å². The number of carbonyl (C=O) groups excluding carboxylic acids is 1. The van der Waals surface area contributed by atoms with Crippen LogP contribution < -0.4 is 20.1 Å². The van der Waals surface area contributed by atoms with Crippen molar-refractivity contribution in [3.8, 4) is 11.5 Å². The van der Waals surface area contributed by atoms with Crippen LogP contribution in [-0.4, -0.2) is 38.8 Å². The fourth-order valence-electron chi connectivity index (χ4n) is 4.09. The minimum Gasteiger partial charge on any atom is -0.497 e. The lowest BCUT2D eigenvalue weighted by molar-refractivity contribution is -0.122. The Hall–Kier alpha value is -1.46. The lowest BCUT2D eigenvalue weighted by Crippen LogP contribution is -2.39. The van der Waals surface area contributed by atoms with Crippen molar-refractivity contribution in [2.24, 2.45) is 5.92 Å². The number of carbonyl (C=O) groups is 1. The Balaban J connectivity index is 0.00000225. The zero-order valence-electron chi connectivity index (χ0n) is 15.0. The van der Waals surface area contributed by atoms with E-state index in [-0.39, 0.29) is 18.3 Å². The Morgan fingerprint density at radius 2 is 1.92 bits per heavy atom. The van der Waals surface area contributed by atoms with Crippen molar-refractivity contribution in [1.82, 2.24) is 10.6 Å². The summed E-state index contributed by atoms with van der Waals surface area (Å²) in [5, 5.41) is 6.69. The smallest absolute Gasteiger partial charge is 0.220 e. The number of fused-ring (bicyclic) bond motifs is 2. The summed E-state index contributed by atoms with van der Waals surface area (Å²) in [6.45, 7) is 0.625. The van der Waals surface area contributed by atoms with Crippen molar-refractivity contribution in [1.29, 1.82) is 0 Å². The molecule has 0 radical (unpaired) electrons. The fraction of sp³-hybridized carbons (Fsp3) is 0.632. The number of halogens is 1. The molecule has 140 valence electrons. The highest BCUT2D eigenvalue weighted by molar-refractivity contribution is 5.85. The van der Waals surface area contributed by atoms with Gasteiger partial charge in [-0.3, -0.25) is 4.79 Å². The predicted octanol–water partition coefficient (Wildman–Crippen LogP) is 2.71. The van der Waals surface area contributed by atoms with Crippen molar-refractivity contribution in [2.45, 2.75) is 50.6 Å². The van der Waals surface area contributed by atoms with E-state index in [1.165, 1.54) is 12.8 Å². The zero-order valence-corrected chi connectivity index (χ0v) is 15.9. The SMILES string of the molecule is COc1ccc(OC)c(CCNC(=O)CC2CC3CCC(C2)N3)c1.Cl. The molecule has 0 saturated carbocycles. The highest BCUT2D eigenvalue weighted by Crippen LogP contribution is 2.32. The van der Waals surface area contributed by atoms with Gasteiger partial charge in [-0.15, -0.1) is 12.4 Å². The number of rotatable bonds is 7. The van der Waals surface area contributed by atoms with Gasteiger partial charge in [0.2, 0.25) is 5.91 Å². The third kappa shape index (κ3) is 5.25. The molecular weight excluding hydrogens is 340 g/mol. The van der Waals surface area contributed by atoms with E-state index in [2.05, 4.69) is 10.6 Å². The number of amides is 1. The van der Waals surface area contributed by atoms with Crippen molar-refractivity contribution in [3.05, 3.63) is 23.8 Å². The number of ether oxygens (including phenoxy) is 2. The molecule has 2 heterocycles. The minimum absolute atomic E-state index is 0. The standard InChI is InChI=1S/C19H28N2O3.ClH/c1-23-17-5-6-18(24-2)14(12-17)7-8-20-19(22)11-13-9-15-3-4-16(10-13)21-15;/h5-6,12-13,15-16,21H,3-4,7-11H2,1-2H3,(H,20,22);1H. The van der Waals surface area contributed by atoms with Crippen LogP contribution in [0.2, 0.25) is 0 Å². The van der Waals surface area contributed by atoms with Gasteiger partial charge in [0.25, 0.3) is 0 Å². The molecule has 1 aromatic rings. The van der Waals surface area contributed by atoms with E-state index in [0.717, 1.165) is 36.3 Å². The zero-order chi connectivity index (χ0) is 16.9. The molecule has 2 bridgehead atoms. The van der Waals surface area contributed by atoms with E-state index in [0.29, 0.717) is 31.0 Å². The van der Waals surface area contributed by atoms with Crippen molar-refractivity contribution in [2.75, 3.05) is 20.8 Å². The molecule has 0 spiro atoms. The summed E-state index contributed by atoms with van der Waals surface area (Å²) in [7, 11) is 3.31. The summed E-state index contributed by atoms with van der Waals surface area (Å²) in [5.74, 6) is 2.35. The summed E-state index contributed by atoms with van der Waals surface area (Å²) in [4.78, 5) is 12.2. The predicted molar refractivity (Wildman–Crippen MR) is 101 cm³/mol. The van der Waals surface area contributed by atoms with E-state index in [1.54, 1.807) is 14.2 Å². The van der Waals surface area contributed by atoms with E-state index in [4.69, 9.17) is 9.47 Å². The van der Waals surface area contributed by atoms with Crippen LogP contribution in [0.3, 0.4) is 0 Å². The summed E-state index contributed by atoms with van der Waals surface area (Å²) in [6.07, 6.45) is 6.24. The van der Waals surface area contributed by atoms with Gasteiger partial charge < -0.3 is 20.1 Å². The first kappa shape index (κ1) is 19.9. The summed E-state index contributed by atoms with van der Waals surface area (Å²) < 4.78 is 10.6. The van der Waals surface area contributed by atoms with E-state index >= 15 is 0 Å². The number of nitrogens with one attached hydrogen (secondary N) is 2. The number of hydrogen-bond acceptors (Lipinski definition) is 4. The number of benzene rings is 1. The van der Waals surface area contributed by atoms with Crippen molar-refractivity contribution < 1.29 is 14.3 Å². The second kappa shape index (κ2) is 9.30. The summed E-state index contributed by atoms with van der Waals surface area (Å²) in [5.41, 5.74) is 1.05. The van der Waals surface area contributed by atoms with Gasteiger partial charge in [-0.1, -0.05) is 0 Å². The lowest BCUT2D eigenvalue weighted by Gasteiger charge is -2.28. The molecule has 2 atom stereocenters. The van der Waals surface area contributed by atoms with Gasteiger partial charge in [-0.05, 0) is 61.8 Å². The normalized spacial score (nSPS) is 24.3. The highest BCUT2D eigenvalue weighted by atomic mass is 35.5. The average molecular weight is 369 g/mol. The molecule has 5 nitrogen and oxygen atoms in total. The Kier molecular flexibility index (Phi) is 7.38. The Morgan fingerprint density at radius 1 is 1.20 bits per heavy atom.